The molecule has 1 aromatic rings. The van der Waals surface area contributed by atoms with E-state index in [0.717, 1.165) is 5.69 Å². The maximum absolute atomic E-state index is 11.6. The van der Waals surface area contributed by atoms with Crippen LogP contribution in [0.25, 0.3) is 0 Å². The zero-order valence-corrected chi connectivity index (χ0v) is 12.5. The smallest absolute Gasteiger partial charge is 0.177 e. The Morgan fingerprint density at radius 3 is 2.22 bits per heavy atom. The average Bonchev–Trinajstić information content (AvgIpc) is 2.25. The number of rotatable bonds is 4. The van der Waals surface area contributed by atoms with E-state index in [0.29, 0.717) is 11.6 Å². The standard InChI is InChI=1S/C13H22N2O2S/c1-9(2)10(3)15(4)11-7-6-8-12(13(11)14)18(5,16)17/h6-10H,14H2,1-5H3. The van der Waals surface area contributed by atoms with Crippen LogP contribution in [0.2, 0.25) is 0 Å². The van der Waals surface area contributed by atoms with Crippen molar-refractivity contribution >= 4 is 21.2 Å². The highest BCUT2D eigenvalue weighted by Gasteiger charge is 2.20. The van der Waals surface area contributed by atoms with Crippen molar-refractivity contribution in [3.63, 3.8) is 0 Å². The highest BCUT2D eigenvalue weighted by atomic mass is 32.2. The quantitative estimate of drug-likeness (QED) is 0.852. The molecule has 0 aliphatic carbocycles. The Kier molecular flexibility index (Phi) is 4.27. The third-order valence-corrected chi connectivity index (χ3v) is 4.55. The summed E-state index contributed by atoms with van der Waals surface area (Å²) in [7, 11) is -1.35. The first kappa shape index (κ1) is 14.8. The van der Waals surface area contributed by atoms with Crippen molar-refractivity contribution in [3.05, 3.63) is 18.2 Å². The maximum Gasteiger partial charge on any atom is 0.177 e. The second kappa shape index (κ2) is 5.18. The largest absolute Gasteiger partial charge is 0.396 e. The summed E-state index contributed by atoms with van der Waals surface area (Å²) < 4.78 is 23.3. The number of hydrogen-bond acceptors (Lipinski definition) is 4. The monoisotopic (exact) mass is 270 g/mol. The van der Waals surface area contributed by atoms with E-state index in [1.807, 2.05) is 18.0 Å². The minimum atomic E-state index is -3.29. The average molecular weight is 270 g/mol. The fraction of sp³-hybridized carbons (Fsp3) is 0.538. The maximum atomic E-state index is 11.6. The molecule has 1 rings (SSSR count). The first-order chi connectivity index (χ1) is 8.16. The lowest BCUT2D eigenvalue weighted by molar-refractivity contribution is 0.506. The van der Waals surface area contributed by atoms with Gasteiger partial charge in [0, 0.05) is 19.3 Å². The van der Waals surface area contributed by atoms with Gasteiger partial charge in [0.05, 0.1) is 16.3 Å². The summed E-state index contributed by atoms with van der Waals surface area (Å²) in [6.07, 6.45) is 1.17. The van der Waals surface area contributed by atoms with Crippen molar-refractivity contribution in [1.29, 1.82) is 0 Å². The highest BCUT2D eigenvalue weighted by molar-refractivity contribution is 7.90. The van der Waals surface area contributed by atoms with E-state index in [9.17, 15) is 8.42 Å². The van der Waals surface area contributed by atoms with E-state index < -0.39 is 9.84 Å². The minimum absolute atomic E-state index is 0.197. The number of sulfone groups is 1. The van der Waals surface area contributed by atoms with Crippen LogP contribution in [0, 0.1) is 5.92 Å². The highest BCUT2D eigenvalue weighted by Crippen LogP contribution is 2.31. The van der Waals surface area contributed by atoms with Crippen LogP contribution >= 0.6 is 0 Å². The summed E-state index contributed by atoms with van der Waals surface area (Å²) in [5, 5.41) is 0. The molecule has 0 fully saturated rings. The Morgan fingerprint density at radius 1 is 1.22 bits per heavy atom. The topological polar surface area (TPSA) is 63.4 Å². The molecule has 0 amide bonds. The molecule has 0 saturated heterocycles. The summed E-state index contributed by atoms with van der Waals surface area (Å²) in [4.78, 5) is 2.22. The van der Waals surface area contributed by atoms with Crippen LogP contribution in [0.4, 0.5) is 11.4 Å². The Balaban J connectivity index is 3.28. The molecule has 102 valence electrons. The van der Waals surface area contributed by atoms with Gasteiger partial charge in [-0.3, -0.25) is 0 Å². The molecule has 18 heavy (non-hydrogen) atoms. The van der Waals surface area contributed by atoms with E-state index in [-0.39, 0.29) is 10.9 Å². The summed E-state index contributed by atoms with van der Waals surface area (Å²) in [5.74, 6) is 0.455. The lowest BCUT2D eigenvalue weighted by atomic mass is 10.0. The number of hydrogen-bond donors (Lipinski definition) is 1. The first-order valence-corrected chi connectivity index (χ1v) is 7.86. The van der Waals surface area contributed by atoms with Crippen LogP contribution in [0.3, 0.4) is 0 Å². The minimum Gasteiger partial charge on any atom is -0.396 e. The molecule has 0 saturated carbocycles. The lowest BCUT2D eigenvalue weighted by Gasteiger charge is -2.31. The normalized spacial score (nSPS) is 13.7. The summed E-state index contributed by atoms with van der Waals surface area (Å²) in [5.41, 5.74) is 7.08. The van der Waals surface area contributed by atoms with E-state index in [2.05, 4.69) is 20.8 Å². The Labute approximate surface area is 110 Å². The van der Waals surface area contributed by atoms with Crippen molar-refractivity contribution in [3.8, 4) is 0 Å². The lowest BCUT2D eigenvalue weighted by Crippen LogP contribution is -2.33. The van der Waals surface area contributed by atoms with Gasteiger partial charge in [-0.15, -0.1) is 0 Å². The molecule has 1 atom stereocenters. The molecular weight excluding hydrogens is 248 g/mol. The van der Waals surface area contributed by atoms with Gasteiger partial charge in [-0.1, -0.05) is 19.9 Å². The van der Waals surface area contributed by atoms with Crippen LogP contribution in [0.15, 0.2) is 23.1 Å². The van der Waals surface area contributed by atoms with Crippen LogP contribution in [0.1, 0.15) is 20.8 Å². The Morgan fingerprint density at radius 2 is 1.78 bits per heavy atom. The van der Waals surface area contributed by atoms with Gasteiger partial charge in [0.1, 0.15) is 0 Å². The first-order valence-electron chi connectivity index (χ1n) is 5.97. The zero-order chi connectivity index (χ0) is 14.1. The van der Waals surface area contributed by atoms with Crippen LogP contribution in [-0.4, -0.2) is 27.8 Å². The third kappa shape index (κ3) is 2.96. The predicted octanol–water partition coefficient (Wildman–Crippen LogP) is 2.15. The Hall–Kier alpha value is -1.23. The second-order valence-corrected chi connectivity index (χ2v) is 7.04. The van der Waals surface area contributed by atoms with Gasteiger partial charge in [-0.05, 0) is 25.0 Å². The number of anilines is 2. The summed E-state index contributed by atoms with van der Waals surface area (Å²) in [6, 6.07) is 5.40. The molecule has 2 N–H and O–H groups in total. The molecule has 0 aliphatic heterocycles. The van der Waals surface area contributed by atoms with E-state index >= 15 is 0 Å². The fourth-order valence-corrected chi connectivity index (χ4v) is 2.66. The van der Waals surface area contributed by atoms with Crippen LogP contribution < -0.4 is 10.6 Å². The van der Waals surface area contributed by atoms with Gasteiger partial charge in [0.15, 0.2) is 9.84 Å². The third-order valence-electron chi connectivity index (χ3n) is 3.40. The van der Waals surface area contributed by atoms with Crippen molar-refractivity contribution in [1.82, 2.24) is 0 Å². The predicted molar refractivity (Wildman–Crippen MR) is 76.7 cm³/mol. The number of nitrogens with zero attached hydrogens (tertiary/aromatic N) is 1. The van der Waals surface area contributed by atoms with Gasteiger partial charge in [0.2, 0.25) is 0 Å². The molecule has 0 radical (unpaired) electrons. The van der Waals surface area contributed by atoms with Crippen LogP contribution in [-0.2, 0) is 9.84 Å². The van der Waals surface area contributed by atoms with Crippen molar-refractivity contribution in [2.24, 2.45) is 5.92 Å². The van der Waals surface area contributed by atoms with Gasteiger partial charge >= 0.3 is 0 Å². The number of benzene rings is 1. The van der Waals surface area contributed by atoms with E-state index in [1.54, 1.807) is 12.1 Å². The van der Waals surface area contributed by atoms with Crippen molar-refractivity contribution in [2.75, 3.05) is 23.9 Å². The fourth-order valence-electron chi connectivity index (χ4n) is 1.83. The second-order valence-electron chi connectivity index (χ2n) is 5.06. The SMILES string of the molecule is CC(C)C(C)N(C)c1cccc(S(C)(=O)=O)c1N. The summed E-state index contributed by atoms with van der Waals surface area (Å²) in [6.45, 7) is 6.34. The van der Waals surface area contributed by atoms with Gasteiger partial charge in [0.25, 0.3) is 0 Å². The number of para-hydroxylation sites is 1. The van der Waals surface area contributed by atoms with Gasteiger partial charge < -0.3 is 10.6 Å². The number of nitrogens with two attached hydrogens (primary N) is 1. The number of nitrogen functional groups attached to an aromatic ring is 1. The molecule has 1 unspecified atom stereocenters. The van der Waals surface area contributed by atoms with E-state index in [4.69, 9.17) is 5.73 Å². The molecule has 0 bridgehead atoms. The van der Waals surface area contributed by atoms with Gasteiger partial charge in [-0.25, -0.2) is 8.42 Å². The zero-order valence-electron chi connectivity index (χ0n) is 11.6. The molecular formula is C13H22N2O2S. The van der Waals surface area contributed by atoms with Gasteiger partial charge in [-0.2, -0.15) is 0 Å². The van der Waals surface area contributed by atoms with Crippen molar-refractivity contribution < 1.29 is 8.42 Å². The molecule has 0 spiro atoms. The molecule has 4 nitrogen and oxygen atoms in total. The van der Waals surface area contributed by atoms with Crippen molar-refractivity contribution in [2.45, 2.75) is 31.7 Å². The molecule has 0 heterocycles. The molecule has 0 aliphatic rings. The molecule has 0 aromatic heterocycles. The Bertz CT molecular complexity index is 524. The summed E-state index contributed by atoms with van der Waals surface area (Å²) >= 11 is 0. The molecule has 1 aromatic carbocycles. The van der Waals surface area contributed by atoms with Crippen LogP contribution in [0.5, 0.6) is 0 Å². The molecule has 5 heteroatoms. The van der Waals surface area contributed by atoms with E-state index in [1.165, 1.54) is 6.26 Å².